The quantitative estimate of drug-likeness (QED) is 0.657. The molecule has 0 spiro atoms. The maximum absolute atomic E-state index is 12.6. The number of rotatable bonds is 3. The lowest BCUT2D eigenvalue weighted by molar-refractivity contribution is 0.0993. The molecular weight excluding hydrogens is 378 g/mol. The number of hydrogen-bond donors (Lipinski definition) is 0. The van der Waals surface area contributed by atoms with Crippen LogP contribution in [0.3, 0.4) is 0 Å². The summed E-state index contributed by atoms with van der Waals surface area (Å²) in [5.41, 5.74) is 2.15. The molecule has 1 aromatic heterocycles. The number of halogens is 2. The Hall–Kier alpha value is -2.11. The molecule has 23 heavy (non-hydrogen) atoms. The van der Waals surface area contributed by atoms with Crippen LogP contribution in [0.4, 0.5) is 5.69 Å². The molecule has 116 valence electrons. The van der Waals surface area contributed by atoms with Gasteiger partial charge in [-0.05, 0) is 48.5 Å². The number of nitrogens with zero attached hydrogens (tertiary/aromatic N) is 3. The zero-order valence-electron chi connectivity index (χ0n) is 12.3. The predicted molar refractivity (Wildman–Crippen MR) is 95.4 cm³/mol. The summed E-state index contributed by atoms with van der Waals surface area (Å²) in [6.07, 6.45) is 3.56. The average Bonchev–Trinajstić information content (AvgIpc) is 3.08. The van der Waals surface area contributed by atoms with E-state index >= 15 is 0 Å². The molecule has 0 aliphatic carbocycles. The van der Waals surface area contributed by atoms with Gasteiger partial charge >= 0.3 is 0 Å². The van der Waals surface area contributed by atoms with Crippen LogP contribution in [-0.2, 0) is 0 Å². The smallest absolute Gasteiger partial charge is 0.258 e. The van der Waals surface area contributed by atoms with Crippen molar-refractivity contribution in [2.75, 3.05) is 11.9 Å². The van der Waals surface area contributed by atoms with Crippen molar-refractivity contribution in [3.05, 3.63) is 76.0 Å². The van der Waals surface area contributed by atoms with E-state index in [1.807, 2.05) is 36.5 Å². The Morgan fingerprint density at radius 3 is 2.57 bits per heavy atom. The van der Waals surface area contributed by atoms with Gasteiger partial charge in [0.2, 0.25) is 0 Å². The van der Waals surface area contributed by atoms with Gasteiger partial charge in [-0.25, -0.2) is 4.68 Å². The van der Waals surface area contributed by atoms with Gasteiger partial charge in [-0.15, -0.1) is 0 Å². The van der Waals surface area contributed by atoms with E-state index in [2.05, 4.69) is 21.0 Å². The Morgan fingerprint density at radius 1 is 1.22 bits per heavy atom. The molecule has 1 heterocycles. The first kappa shape index (κ1) is 15.8. The third kappa shape index (κ3) is 3.30. The summed E-state index contributed by atoms with van der Waals surface area (Å²) in [5.74, 6) is -0.124. The molecule has 2 aromatic carbocycles. The van der Waals surface area contributed by atoms with Crippen molar-refractivity contribution >= 4 is 39.1 Å². The molecular formula is C17H13BrClN3O. The standard InChI is InChI=1S/C17H13BrClN3O/c1-21(16-8-5-13(18)11-15(16)19)17(23)12-3-6-14(7-4-12)22-10-2-9-20-22/h2-11H,1H3. The van der Waals surface area contributed by atoms with Gasteiger partial charge in [0, 0.05) is 29.5 Å². The Bertz CT molecular complexity index is 832. The predicted octanol–water partition coefficient (Wildman–Crippen LogP) is 4.56. The summed E-state index contributed by atoms with van der Waals surface area (Å²) in [6, 6.07) is 14.6. The highest BCUT2D eigenvalue weighted by Gasteiger charge is 2.16. The second-order valence-electron chi connectivity index (χ2n) is 4.96. The first-order chi connectivity index (χ1) is 11.1. The molecule has 0 saturated carbocycles. The lowest BCUT2D eigenvalue weighted by Crippen LogP contribution is -2.26. The monoisotopic (exact) mass is 389 g/mol. The molecule has 0 bridgehead atoms. The number of carbonyl (C=O) groups is 1. The minimum Gasteiger partial charge on any atom is -0.310 e. The summed E-state index contributed by atoms with van der Waals surface area (Å²) in [6.45, 7) is 0. The van der Waals surface area contributed by atoms with Gasteiger partial charge in [0.25, 0.3) is 5.91 Å². The van der Waals surface area contributed by atoms with Crippen molar-refractivity contribution in [3.63, 3.8) is 0 Å². The number of benzene rings is 2. The van der Waals surface area contributed by atoms with Crippen LogP contribution < -0.4 is 4.90 Å². The number of carbonyl (C=O) groups excluding carboxylic acids is 1. The van der Waals surface area contributed by atoms with Crippen LogP contribution in [0.5, 0.6) is 0 Å². The molecule has 0 aliphatic rings. The number of amides is 1. The summed E-state index contributed by atoms with van der Waals surface area (Å²) >= 11 is 9.57. The SMILES string of the molecule is CN(C(=O)c1ccc(-n2cccn2)cc1)c1ccc(Br)cc1Cl. The first-order valence-electron chi connectivity index (χ1n) is 6.89. The molecule has 0 N–H and O–H groups in total. The van der Waals surface area contributed by atoms with Crippen LogP contribution in [0.1, 0.15) is 10.4 Å². The summed E-state index contributed by atoms with van der Waals surface area (Å²) in [5, 5.41) is 4.68. The van der Waals surface area contributed by atoms with Crippen LogP contribution in [0.15, 0.2) is 65.4 Å². The highest BCUT2D eigenvalue weighted by molar-refractivity contribution is 9.10. The normalized spacial score (nSPS) is 10.6. The molecule has 3 rings (SSSR count). The maximum atomic E-state index is 12.6. The summed E-state index contributed by atoms with van der Waals surface area (Å²) in [7, 11) is 1.71. The first-order valence-corrected chi connectivity index (χ1v) is 8.06. The van der Waals surface area contributed by atoms with Crippen molar-refractivity contribution in [3.8, 4) is 5.69 Å². The Balaban J connectivity index is 1.85. The minimum absolute atomic E-state index is 0.124. The fourth-order valence-electron chi connectivity index (χ4n) is 2.23. The van der Waals surface area contributed by atoms with Crippen molar-refractivity contribution in [1.29, 1.82) is 0 Å². The number of aromatic nitrogens is 2. The van der Waals surface area contributed by atoms with E-state index in [0.29, 0.717) is 16.3 Å². The van der Waals surface area contributed by atoms with Crippen LogP contribution in [0.25, 0.3) is 5.69 Å². The third-order valence-electron chi connectivity index (χ3n) is 3.46. The van der Waals surface area contributed by atoms with E-state index in [1.54, 1.807) is 36.1 Å². The highest BCUT2D eigenvalue weighted by atomic mass is 79.9. The van der Waals surface area contributed by atoms with Gasteiger partial charge in [0.05, 0.1) is 16.4 Å². The molecule has 0 atom stereocenters. The second kappa shape index (κ2) is 6.56. The Kier molecular flexibility index (Phi) is 4.50. The fraction of sp³-hybridized carbons (Fsp3) is 0.0588. The minimum atomic E-state index is -0.124. The van der Waals surface area contributed by atoms with E-state index in [-0.39, 0.29) is 5.91 Å². The Morgan fingerprint density at radius 2 is 1.96 bits per heavy atom. The molecule has 0 saturated heterocycles. The molecule has 0 fully saturated rings. The highest BCUT2D eigenvalue weighted by Crippen LogP contribution is 2.29. The second-order valence-corrected chi connectivity index (χ2v) is 6.28. The van der Waals surface area contributed by atoms with Crippen LogP contribution in [0, 0.1) is 0 Å². The van der Waals surface area contributed by atoms with Gasteiger partial charge in [-0.2, -0.15) is 5.10 Å². The van der Waals surface area contributed by atoms with Crippen molar-refractivity contribution < 1.29 is 4.79 Å². The van der Waals surface area contributed by atoms with E-state index < -0.39 is 0 Å². The van der Waals surface area contributed by atoms with E-state index in [0.717, 1.165) is 10.2 Å². The van der Waals surface area contributed by atoms with Gasteiger partial charge in [-0.1, -0.05) is 27.5 Å². The van der Waals surface area contributed by atoms with E-state index in [4.69, 9.17) is 11.6 Å². The molecule has 0 aliphatic heterocycles. The van der Waals surface area contributed by atoms with Gasteiger partial charge in [0.15, 0.2) is 0 Å². The molecule has 0 unspecified atom stereocenters. The average molecular weight is 391 g/mol. The van der Waals surface area contributed by atoms with Crippen molar-refractivity contribution in [2.45, 2.75) is 0 Å². The Labute approximate surface area is 147 Å². The molecule has 3 aromatic rings. The lowest BCUT2D eigenvalue weighted by atomic mass is 10.1. The molecule has 6 heteroatoms. The number of hydrogen-bond acceptors (Lipinski definition) is 2. The van der Waals surface area contributed by atoms with Gasteiger partial charge < -0.3 is 4.90 Å². The zero-order chi connectivity index (χ0) is 16.4. The maximum Gasteiger partial charge on any atom is 0.258 e. The topological polar surface area (TPSA) is 38.1 Å². The van der Waals surface area contributed by atoms with E-state index in [9.17, 15) is 4.79 Å². The van der Waals surface area contributed by atoms with Crippen molar-refractivity contribution in [1.82, 2.24) is 9.78 Å². The van der Waals surface area contributed by atoms with Crippen LogP contribution >= 0.6 is 27.5 Å². The fourth-order valence-corrected chi connectivity index (χ4v) is 3.03. The zero-order valence-corrected chi connectivity index (χ0v) is 14.6. The molecule has 1 amide bonds. The number of anilines is 1. The van der Waals surface area contributed by atoms with Gasteiger partial charge in [-0.3, -0.25) is 4.79 Å². The summed E-state index contributed by atoms with van der Waals surface area (Å²) in [4.78, 5) is 14.2. The van der Waals surface area contributed by atoms with E-state index in [1.165, 1.54) is 4.90 Å². The largest absolute Gasteiger partial charge is 0.310 e. The third-order valence-corrected chi connectivity index (χ3v) is 4.25. The van der Waals surface area contributed by atoms with Gasteiger partial charge in [0.1, 0.15) is 0 Å². The lowest BCUT2D eigenvalue weighted by Gasteiger charge is -2.19. The molecule has 0 radical (unpaired) electrons. The van der Waals surface area contributed by atoms with Crippen LogP contribution in [-0.4, -0.2) is 22.7 Å². The summed E-state index contributed by atoms with van der Waals surface area (Å²) < 4.78 is 2.61. The van der Waals surface area contributed by atoms with Crippen molar-refractivity contribution in [2.24, 2.45) is 0 Å². The van der Waals surface area contributed by atoms with Crippen LogP contribution in [0.2, 0.25) is 5.02 Å². The molecule has 4 nitrogen and oxygen atoms in total.